The Labute approximate surface area is 117 Å². The Morgan fingerprint density at radius 3 is 2.50 bits per heavy atom. The van der Waals surface area contributed by atoms with Crippen LogP contribution in [0.15, 0.2) is 42.5 Å². The van der Waals surface area contributed by atoms with Gasteiger partial charge in [-0.15, -0.1) is 0 Å². The van der Waals surface area contributed by atoms with Crippen molar-refractivity contribution in [2.24, 2.45) is 0 Å². The number of benzene rings is 2. The van der Waals surface area contributed by atoms with E-state index in [1.54, 1.807) is 37.4 Å². The molecule has 0 unspecified atom stereocenters. The molecular weight excluding hydrogens is 255 g/mol. The normalized spacial score (nSPS) is 10.2. The van der Waals surface area contributed by atoms with Crippen molar-refractivity contribution < 1.29 is 9.18 Å². The first-order valence-electron chi connectivity index (χ1n) is 6.41. The highest BCUT2D eigenvalue weighted by atomic mass is 19.1. The summed E-state index contributed by atoms with van der Waals surface area (Å²) in [6.45, 7) is 2.34. The average Bonchev–Trinajstić information content (AvgIpc) is 2.48. The zero-order valence-electron chi connectivity index (χ0n) is 11.5. The van der Waals surface area contributed by atoms with Crippen LogP contribution in [0.25, 0.3) is 0 Å². The molecule has 0 spiro atoms. The molecule has 0 saturated carbocycles. The summed E-state index contributed by atoms with van der Waals surface area (Å²) in [5.41, 5.74) is 3.09. The number of hydrogen-bond donors (Lipinski definition) is 2. The molecule has 2 aromatic rings. The van der Waals surface area contributed by atoms with Crippen molar-refractivity contribution in [3.8, 4) is 0 Å². The third kappa shape index (κ3) is 3.35. The van der Waals surface area contributed by atoms with Gasteiger partial charge in [-0.3, -0.25) is 4.79 Å². The largest absolute Gasteiger partial charge is 0.381 e. The molecule has 1 amide bonds. The summed E-state index contributed by atoms with van der Waals surface area (Å²) >= 11 is 0. The van der Waals surface area contributed by atoms with Gasteiger partial charge in [0.25, 0.3) is 5.91 Å². The molecule has 0 aliphatic rings. The van der Waals surface area contributed by atoms with E-state index in [1.165, 1.54) is 6.07 Å². The van der Waals surface area contributed by atoms with Crippen LogP contribution in [0.1, 0.15) is 21.5 Å². The highest BCUT2D eigenvalue weighted by Crippen LogP contribution is 2.14. The van der Waals surface area contributed by atoms with E-state index in [-0.39, 0.29) is 11.7 Å². The van der Waals surface area contributed by atoms with E-state index in [0.29, 0.717) is 17.7 Å². The lowest BCUT2D eigenvalue weighted by Crippen LogP contribution is -2.17. The highest BCUT2D eigenvalue weighted by Gasteiger charge is 2.04. The SMILES string of the molecule is CNC(=O)c1ccc(NCc2cc(C)ccc2F)cc1. The van der Waals surface area contributed by atoms with Crippen LogP contribution in [0.4, 0.5) is 10.1 Å². The van der Waals surface area contributed by atoms with Crippen molar-refractivity contribution in [2.45, 2.75) is 13.5 Å². The van der Waals surface area contributed by atoms with Gasteiger partial charge in [0.1, 0.15) is 5.82 Å². The number of nitrogens with one attached hydrogen (secondary N) is 2. The molecule has 0 atom stereocenters. The second kappa shape index (κ2) is 6.19. The Balaban J connectivity index is 2.04. The maximum atomic E-state index is 13.6. The summed E-state index contributed by atoms with van der Waals surface area (Å²) in [4.78, 5) is 11.4. The van der Waals surface area contributed by atoms with Gasteiger partial charge in [-0.1, -0.05) is 17.7 Å². The van der Waals surface area contributed by atoms with Crippen LogP contribution < -0.4 is 10.6 Å². The monoisotopic (exact) mass is 272 g/mol. The van der Waals surface area contributed by atoms with Crippen molar-refractivity contribution in [3.05, 3.63) is 65.0 Å². The van der Waals surface area contributed by atoms with E-state index in [9.17, 15) is 9.18 Å². The first-order valence-corrected chi connectivity index (χ1v) is 6.41. The Kier molecular flexibility index (Phi) is 4.35. The summed E-state index contributed by atoms with van der Waals surface area (Å²) in [7, 11) is 1.59. The van der Waals surface area contributed by atoms with Gasteiger partial charge in [-0.05, 0) is 37.3 Å². The summed E-state index contributed by atoms with van der Waals surface area (Å²) < 4.78 is 13.6. The molecule has 2 aromatic carbocycles. The molecular formula is C16H17FN2O. The van der Waals surface area contributed by atoms with Crippen molar-refractivity contribution in [1.82, 2.24) is 5.32 Å². The van der Waals surface area contributed by atoms with Crippen LogP contribution in [0.5, 0.6) is 0 Å². The summed E-state index contributed by atoms with van der Waals surface area (Å²) in [5.74, 6) is -0.341. The van der Waals surface area contributed by atoms with E-state index in [4.69, 9.17) is 0 Å². The van der Waals surface area contributed by atoms with Gasteiger partial charge in [0.05, 0.1) is 0 Å². The van der Waals surface area contributed by atoms with E-state index in [1.807, 2.05) is 13.0 Å². The van der Waals surface area contributed by atoms with E-state index in [0.717, 1.165) is 11.3 Å². The Morgan fingerprint density at radius 2 is 1.85 bits per heavy atom. The van der Waals surface area contributed by atoms with Gasteiger partial charge in [-0.25, -0.2) is 4.39 Å². The molecule has 0 aromatic heterocycles. The summed E-state index contributed by atoms with van der Waals surface area (Å²) in [6, 6.07) is 12.1. The standard InChI is InChI=1S/C16H17FN2O/c1-11-3-8-15(17)13(9-11)10-19-14-6-4-12(5-7-14)16(20)18-2/h3-9,19H,10H2,1-2H3,(H,18,20). The quantitative estimate of drug-likeness (QED) is 0.898. The lowest BCUT2D eigenvalue weighted by atomic mass is 10.1. The summed E-state index contributed by atoms with van der Waals surface area (Å²) in [6.07, 6.45) is 0. The van der Waals surface area contributed by atoms with Crippen LogP contribution in [0.3, 0.4) is 0 Å². The number of carbonyl (C=O) groups is 1. The fourth-order valence-corrected chi connectivity index (χ4v) is 1.92. The maximum Gasteiger partial charge on any atom is 0.251 e. The van der Waals surface area contributed by atoms with Crippen molar-refractivity contribution in [3.63, 3.8) is 0 Å². The Morgan fingerprint density at radius 1 is 1.15 bits per heavy atom. The zero-order valence-corrected chi connectivity index (χ0v) is 11.5. The van der Waals surface area contributed by atoms with Gasteiger partial charge >= 0.3 is 0 Å². The number of hydrogen-bond acceptors (Lipinski definition) is 2. The molecule has 0 aliphatic heterocycles. The van der Waals surface area contributed by atoms with E-state index >= 15 is 0 Å². The van der Waals surface area contributed by atoms with Gasteiger partial charge in [-0.2, -0.15) is 0 Å². The van der Waals surface area contributed by atoms with Crippen LogP contribution in [-0.4, -0.2) is 13.0 Å². The first-order chi connectivity index (χ1) is 9.60. The number of halogens is 1. The minimum Gasteiger partial charge on any atom is -0.381 e. The molecule has 0 heterocycles. The van der Waals surface area contributed by atoms with Crippen molar-refractivity contribution >= 4 is 11.6 Å². The fourth-order valence-electron chi connectivity index (χ4n) is 1.92. The molecule has 0 saturated heterocycles. The number of carbonyl (C=O) groups excluding carboxylic acids is 1. The lowest BCUT2D eigenvalue weighted by molar-refractivity contribution is 0.0963. The maximum absolute atomic E-state index is 13.6. The molecule has 0 aliphatic carbocycles. The molecule has 0 fully saturated rings. The molecule has 3 nitrogen and oxygen atoms in total. The molecule has 2 N–H and O–H groups in total. The van der Waals surface area contributed by atoms with Gasteiger partial charge in [0.15, 0.2) is 0 Å². The second-order valence-electron chi connectivity index (χ2n) is 4.60. The smallest absolute Gasteiger partial charge is 0.251 e. The van der Waals surface area contributed by atoms with Crippen LogP contribution in [0, 0.1) is 12.7 Å². The minimum atomic E-state index is -0.218. The molecule has 20 heavy (non-hydrogen) atoms. The highest BCUT2D eigenvalue weighted by molar-refractivity contribution is 5.94. The molecule has 104 valence electrons. The van der Waals surface area contributed by atoms with E-state index in [2.05, 4.69) is 10.6 Å². The Bertz CT molecular complexity index is 608. The molecule has 0 radical (unpaired) electrons. The Hall–Kier alpha value is -2.36. The van der Waals surface area contributed by atoms with Crippen LogP contribution in [-0.2, 0) is 6.54 Å². The summed E-state index contributed by atoms with van der Waals surface area (Å²) in [5, 5.41) is 5.70. The van der Waals surface area contributed by atoms with Gasteiger partial charge < -0.3 is 10.6 Å². The molecule has 2 rings (SSSR count). The average molecular weight is 272 g/mol. The number of amides is 1. The predicted molar refractivity (Wildman–Crippen MR) is 78.3 cm³/mol. The lowest BCUT2D eigenvalue weighted by Gasteiger charge is -2.09. The third-order valence-electron chi connectivity index (χ3n) is 3.06. The topological polar surface area (TPSA) is 41.1 Å². The first kappa shape index (κ1) is 14.1. The number of aryl methyl sites for hydroxylation is 1. The number of anilines is 1. The predicted octanol–water partition coefficient (Wildman–Crippen LogP) is 3.11. The van der Waals surface area contributed by atoms with Crippen molar-refractivity contribution in [2.75, 3.05) is 12.4 Å². The van der Waals surface area contributed by atoms with Crippen molar-refractivity contribution in [1.29, 1.82) is 0 Å². The fraction of sp³-hybridized carbons (Fsp3) is 0.188. The molecule has 0 bridgehead atoms. The van der Waals surface area contributed by atoms with E-state index < -0.39 is 0 Å². The second-order valence-corrected chi connectivity index (χ2v) is 4.60. The van der Waals surface area contributed by atoms with Crippen LogP contribution in [0.2, 0.25) is 0 Å². The minimum absolute atomic E-state index is 0.124. The zero-order chi connectivity index (χ0) is 14.5. The third-order valence-corrected chi connectivity index (χ3v) is 3.06. The van der Waals surface area contributed by atoms with Gasteiger partial charge in [0.2, 0.25) is 0 Å². The van der Waals surface area contributed by atoms with Gasteiger partial charge in [0, 0.05) is 30.4 Å². The number of rotatable bonds is 4. The molecule has 4 heteroatoms. The van der Waals surface area contributed by atoms with Crippen LogP contribution >= 0.6 is 0 Å².